The van der Waals surface area contributed by atoms with Crippen molar-refractivity contribution in [3.63, 3.8) is 0 Å². The van der Waals surface area contributed by atoms with Crippen molar-refractivity contribution >= 4 is 28.7 Å². The summed E-state index contributed by atoms with van der Waals surface area (Å²) < 4.78 is 20.2. The van der Waals surface area contributed by atoms with E-state index in [1.165, 1.54) is 18.1 Å². The molecule has 1 aliphatic heterocycles. The number of amides is 2. The van der Waals surface area contributed by atoms with Crippen molar-refractivity contribution in [2.75, 3.05) is 25.5 Å². The molecule has 152 valence electrons. The fraction of sp³-hybridized carbons (Fsp3) is 0.526. The summed E-state index contributed by atoms with van der Waals surface area (Å²) in [6, 6.07) is 1.25. The lowest BCUT2D eigenvalue weighted by Crippen LogP contribution is -2.51. The Hall–Kier alpha value is -2.84. The number of hydrogen-bond donors (Lipinski definition) is 3. The van der Waals surface area contributed by atoms with E-state index in [9.17, 15) is 14.0 Å². The van der Waals surface area contributed by atoms with Crippen LogP contribution in [-0.2, 0) is 4.74 Å². The Bertz CT molecular complexity index is 876. The molecule has 0 bridgehead atoms. The van der Waals surface area contributed by atoms with E-state index in [0.717, 1.165) is 0 Å². The molecule has 0 saturated carbocycles. The van der Waals surface area contributed by atoms with Crippen LogP contribution in [0, 0.1) is 0 Å². The SMILES string of the molecule is CNC(=O)c1cnc2[nH]ccc2c1N[C@@H]1CCN(C(=O)OC(C)(C)C)C[C@@H]1F. The zero-order valence-electron chi connectivity index (χ0n) is 16.5. The van der Waals surface area contributed by atoms with Crippen LogP contribution in [0.5, 0.6) is 0 Å². The Morgan fingerprint density at radius 1 is 1.39 bits per heavy atom. The number of aromatic nitrogens is 2. The van der Waals surface area contributed by atoms with E-state index in [0.29, 0.717) is 35.2 Å². The molecule has 3 rings (SSSR count). The third kappa shape index (κ3) is 4.18. The van der Waals surface area contributed by atoms with Crippen LogP contribution in [-0.4, -0.2) is 64.8 Å². The molecule has 0 radical (unpaired) electrons. The fourth-order valence-corrected chi connectivity index (χ4v) is 3.22. The van der Waals surface area contributed by atoms with Gasteiger partial charge in [0, 0.05) is 31.4 Å². The number of carbonyl (C=O) groups excluding carboxylic acids is 2. The summed E-state index contributed by atoms with van der Waals surface area (Å²) in [7, 11) is 1.53. The maximum absolute atomic E-state index is 14.9. The molecule has 8 nitrogen and oxygen atoms in total. The van der Waals surface area contributed by atoms with Crippen LogP contribution in [0.15, 0.2) is 18.5 Å². The molecule has 2 amide bonds. The van der Waals surface area contributed by atoms with Gasteiger partial charge in [0.05, 0.1) is 23.8 Å². The lowest BCUT2D eigenvalue weighted by molar-refractivity contribution is 0.0125. The Morgan fingerprint density at radius 3 is 2.79 bits per heavy atom. The molecule has 28 heavy (non-hydrogen) atoms. The summed E-state index contributed by atoms with van der Waals surface area (Å²) in [6.45, 7) is 5.63. The van der Waals surface area contributed by atoms with Crippen molar-refractivity contribution < 1.29 is 18.7 Å². The van der Waals surface area contributed by atoms with Gasteiger partial charge in [0.1, 0.15) is 17.4 Å². The molecular formula is C19H26FN5O3. The highest BCUT2D eigenvalue weighted by Gasteiger charge is 2.34. The maximum Gasteiger partial charge on any atom is 0.410 e. The van der Waals surface area contributed by atoms with Crippen LogP contribution in [0.2, 0.25) is 0 Å². The van der Waals surface area contributed by atoms with Gasteiger partial charge in [-0.1, -0.05) is 0 Å². The van der Waals surface area contributed by atoms with Crippen LogP contribution in [0.4, 0.5) is 14.9 Å². The van der Waals surface area contributed by atoms with Gasteiger partial charge in [0.15, 0.2) is 0 Å². The van der Waals surface area contributed by atoms with Gasteiger partial charge in [0.25, 0.3) is 5.91 Å². The highest BCUT2D eigenvalue weighted by atomic mass is 19.1. The Kier molecular flexibility index (Phi) is 5.44. The van der Waals surface area contributed by atoms with E-state index >= 15 is 0 Å². The minimum Gasteiger partial charge on any atom is -0.444 e. The summed E-state index contributed by atoms with van der Waals surface area (Å²) >= 11 is 0. The molecule has 1 aliphatic rings. The number of rotatable bonds is 3. The average Bonchev–Trinajstić information content (AvgIpc) is 3.10. The predicted molar refractivity (Wildman–Crippen MR) is 104 cm³/mol. The van der Waals surface area contributed by atoms with Crippen LogP contribution in [0.3, 0.4) is 0 Å². The highest BCUT2D eigenvalue weighted by Crippen LogP contribution is 2.29. The smallest absolute Gasteiger partial charge is 0.410 e. The molecule has 0 spiro atoms. The monoisotopic (exact) mass is 391 g/mol. The van der Waals surface area contributed by atoms with Crippen LogP contribution in [0.25, 0.3) is 11.0 Å². The number of ether oxygens (including phenoxy) is 1. The van der Waals surface area contributed by atoms with Crippen molar-refractivity contribution in [1.29, 1.82) is 0 Å². The van der Waals surface area contributed by atoms with Crippen LogP contribution in [0.1, 0.15) is 37.6 Å². The first-order valence-corrected chi connectivity index (χ1v) is 9.26. The van der Waals surface area contributed by atoms with Crippen LogP contribution >= 0.6 is 0 Å². The van der Waals surface area contributed by atoms with E-state index in [-0.39, 0.29) is 12.5 Å². The lowest BCUT2D eigenvalue weighted by atomic mass is 10.0. The van der Waals surface area contributed by atoms with Gasteiger partial charge in [-0.15, -0.1) is 0 Å². The molecule has 3 N–H and O–H groups in total. The summed E-state index contributed by atoms with van der Waals surface area (Å²) in [4.78, 5) is 33.0. The van der Waals surface area contributed by atoms with Gasteiger partial charge in [-0.05, 0) is 33.3 Å². The minimum atomic E-state index is -1.30. The normalized spacial score (nSPS) is 20.1. The predicted octanol–water partition coefficient (Wildman–Crippen LogP) is 2.68. The molecular weight excluding hydrogens is 365 g/mol. The minimum absolute atomic E-state index is 0.0662. The lowest BCUT2D eigenvalue weighted by Gasteiger charge is -2.36. The number of aromatic amines is 1. The van der Waals surface area contributed by atoms with Crippen molar-refractivity contribution in [3.8, 4) is 0 Å². The topological polar surface area (TPSA) is 99.4 Å². The molecule has 2 aromatic rings. The number of nitrogens with one attached hydrogen (secondary N) is 3. The zero-order valence-corrected chi connectivity index (χ0v) is 16.5. The quantitative estimate of drug-likeness (QED) is 0.747. The van der Waals surface area contributed by atoms with Crippen molar-refractivity contribution in [1.82, 2.24) is 20.2 Å². The molecule has 0 aromatic carbocycles. The van der Waals surface area contributed by atoms with E-state index in [4.69, 9.17) is 4.74 Å². The summed E-state index contributed by atoms with van der Waals surface area (Å²) in [6.07, 6.45) is 1.75. The van der Waals surface area contributed by atoms with E-state index in [1.807, 2.05) is 0 Å². The molecule has 9 heteroatoms. The number of piperidine rings is 1. The third-order valence-electron chi connectivity index (χ3n) is 4.58. The molecule has 1 fully saturated rings. The van der Waals surface area contributed by atoms with Gasteiger partial charge < -0.3 is 25.3 Å². The molecule has 3 heterocycles. The molecule has 2 atom stereocenters. The van der Waals surface area contributed by atoms with E-state index in [1.54, 1.807) is 33.0 Å². The number of fused-ring (bicyclic) bond motifs is 1. The first-order valence-electron chi connectivity index (χ1n) is 9.26. The molecule has 1 saturated heterocycles. The second-order valence-electron chi connectivity index (χ2n) is 7.85. The van der Waals surface area contributed by atoms with Gasteiger partial charge in [-0.25, -0.2) is 14.2 Å². The number of nitrogens with zero attached hydrogens (tertiary/aromatic N) is 2. The average molecular weight is 391 g/mol. The molecule has 0 aliphatic carbocycles. The number of carbonyl (C=O) groups is 2. The number of hydrogen-bond acceptors (Lipinski definition) is 5. The Morgan fingerprint density at radius 2 is 2.14 bits per heavy atom. The van der Waals surface area contributed by atoms with Gasteiger partial charge >= 0.3 is 6.09 Å². The highest BCUT2D eigenvalue weighted by molar-refractivity contribution is 6.06. The van der Waals surface area contributed by atoms with Crippen molar-refractivity contribution in [2.45, 2.75) is 45.0 Å². The first-order chi connectivity index (χ1) is 13.2. The number of likely N-dealkylation sites (tertiary alicyclic amines) is 1. The number of halogens is 1. The van der Waals surface area contributed by atoms with E-state index < -0.39 is 23.9 Å². The largest absolute Gasteiger partial charge is 0.444 e. The number of alkyl halides is 1. The fourth-order valence-electron chi connectivity index (χ4n) is 3.22. The first kappa shape index (κ1) is 19.9. The summed E-state index contributed by atoms with van der Waals surface area (Å²) in [5.41, 5.74) is 0.856. The zero-order chi connectivity index (χ0) is 20.5. The number of pyridine rings is 1. The summed E-state index contributed by atoms with van der Waals surface area (Å²) in [5, 5.41) is 6.47. The maximum atomic E-state index is 14.9. The molecule has 2 aromatic heterocycles. The third-order valence-corrected chi connectivity index (χ3v) is 4.58. The van der Waals surface area contributed by atoms with Gasteiger partial charge in [-0.3, -0.25) is 4.79 Å². The molecule has 0 unspecified atom stereocenters. The van der Waals surface area contributed by atoms with Crippen molar-refractivity contribution in [2.24, 2.45) is 0 Å². The Balaban J connectivity index is 1.77. The standard InChI is InChI=1S/C19H26FN5O3/c1-19(2,3)28-18(27)25-8-6-14(13(20)10-25)24-15-11-5-7-22-16(11)23-9-12(15)17(26)21-4/h5,7,9,13-14H,6,8,10H2,1-4H3,(H,21,26)(H2,22,23,24)/t13-,14+/m0/s1. The Labute approximate surface area is 162 Å². The summed E-state index contributed by atoms with van der Waals surface area (Å²) in [5.74, 6) is -0.306. The second kappa shape index (κ2) is 7.65. The van der Waals surface area contributed by atoms with Gasteiger partial charge in [0.2, 0.25) is 0 Å². The van der Waals surface area contributed by atoms with E-state index in [2.05, 4.69) is 20.6 Å². The van der Waals surface area contributed by atoms with Gasteiger partial charge in [-0.2, -0.15) is 0 Å². The van der Waals surface area contributed by atoms with Crippen molar-refractivity contribution in [3.05, 3.63) is 24.0 Å². The number of H-pyrrole nitrogens is 1. The van der Waals surface area contributed by atoms with Crippen LogP contribution < -0.4 is 10.6 Å². The number of anilines is 1. The second-order valence-corrected chi connectivity index (χ2v) is 7.85.